The molecule has 1 aliphatic carbocycles. The number of aromatic nitrogens is 1. The van der Waals surface area contributed by atoms with E-state index in [9.17, 15) is 32.7 Å². The fourth-order valence-corrected chi connectivity index (χ4v) is 4.31. The number of anilines is 1. The first kappa shape index (κ1) is 23.7. The predicted octanol–water partition coefficient (Wildman–Crippen LogP) is 2.63. The molecule has 4 unspecified atom stereocenters. The standard InChI is InChI=1S/C23H23F3N4O4/c1-22(34,23(24,25)26)21(33)29-17-9-8-16(12-5-2-3-6-13(12)17)28-20(32)15-11-18(31)30-19-14(15)7-4-10-27-19/h2-7,10,15-17,34H,8-9,11H2,1H3,(H,28,32)(H,29,33)(H,27,30,31). The number of carbonyl (C=O) groups is 3. The summed E-state index contributed by atoms with van der Waals surface area (Å²) in [4.78, 5) is 41.5. The van der Waals surface area contributed by atoms with Crippen molar-refractivity contribution in [2.45, 2.75) is 56.0 Å². The smallest absolute Gasteiger partial charge is 0.373 e. The van der Waals surface area contributed by atoms with Gasteiger partial charge in [0, 0.05) is 18.2 Å². The van der Waals surface area contributed by atoms with Gasteiger partial charge in [0.15, 0.2) is 0 Å². The van der Waals surface area contributed by atoms with Gasteiger partial charge >= 0.3 is 6.18 Å². The number of benzene rings is 1. The molecular formula is C23H23F3N4O4. The van der Waals surface area contributed by atoms with Crippen molar-refractivity contribution >= 4 is 23.5 Å². The summed E-state index contributed by atoms with van der Waals surface area (Å²) in [5.74, 6) is -2.63. The van der Waals surface area contributed by atoms with Crippen LogP contribution in [0.5, 0.6) is 0 Å². The highest BCUT2D eigenvalue weighted by Gasteiger charge is 2.56. The lowest BCUT2D eigenvalue weighted by Gasteiger charge is -2.35. The van der Waals surface area contributed by atoms with Crippen molar-refractivity contribution in [3.63, 3.8) is 0 Å². The molecule has 1 aliphatic heterocycles. The largest absolute Gasteiger partial charge is 0.426 e. The van der Waals surface area contributed by atoms with E-state index in [1.807, 2.05) is 0 Å². The Hall–Kier alpha value is -3.47. The molecule has 3 amide bonds. The molecule has 11 heteroatoms. The summed E-state index contributed by atoms with van der Waals surface area (Å²) >= 11 is 0. The van der Waals surface area contributed by atoms with E-state index in [0.29, 0.717) is 35.9 Å². The van der Waals surface area contributed by atoms with Crippen molar-refractivity contribution in [3.8, 4) is 0 Å². The molecule has 0 bridgehead atoms. The number of aliphatic hydroxyl groups is 1. The third-order valence-electron chi connectivity index (χ3n) is 6.28. The Morgan fingerprint density at radius 1 is 1.03 bits per heavy atom. The van der Waals surface area contributed by atoms with Gasteiger partial charge in [-0.1, -0.05) is 30.3 Å². The average molecular weight is 476 g/mol. The Labute approximate surface area is 193 Å². The van der Waals surface area contributed by atoms with E-state index in [-0.39, 0.29) is 24.7 Å². The molecular weight excluding hydrogens is 453 g/mol. The molecule has 2 aliphatic rings. The van der Waals surface area contributed by atoms with Crippen LogP contribution in [0.1, 0.15) is 60.9 Å². The van der Waals surface area contributed by atoms with Gasteiger partial charge in [-0.2, -0.15) is 13.2 Å². The zero-order chi connectivity index (χ0) is 24.7. The summed E-state index contributed by atoms with van der Waals surface area (Å²) in [5, 5.41) is 17.6. The van der Waals surface area contributed by atoms with Crippen LogP contribution >= 0.6 is 0 Å². The summed E-state index contributed by atoms with van der Waals surface area (Å²) in [7, 11) is 0. The van der Waals surface area contributed by atoms with Crippen LogP contribution in [0, 0.1) is 0 Å². The van der Waals surface area contributed by atoms with Crippen LogP contribution in [0.15, 0.2) is 42.6 Å². The maximum atomic E-state index is 13.1. The molecule has 8 nitrogen and oxygen atoms in total. The number of rotatable bonds is 4. The first-order valence-corrected chi connectivity index (χ1v) is 10.7. The quantitative estimate of drug-likeness (QED) is 0.541. The monoisotopic (exact) mass is 476 g/mol. The van der Waals surface area contributed by atoms with Crippen LogP contribution in [-0.4, -0.2) is 39.6 Å². The Balaban J connectivity index is 1.53. The van der Waals surface area contributed by atoms with Gasteiger partial charge in [-0.3, -0.25) is 14.4 Å². The van der Waals surface area contributed by atoms with Crippen LogP contribution < -0.4 is 16.0 Å². The fourth-order valence-electron chi connectivity index (χ4n) is 4.31. The van der Waals surface area contributed by atoms with Crippen LogP contribution in [0.2, 0.25) is 0 Å². The van der Waals surface area contributed by atoms with Gasteiger partial charge in [0.2, 0.25) is 17.4 Å². The van der Waals surface area contributed by atoms with E-state index in [1.165, 1.54) is 6.20 Å². The van der Waals surface area contributed by atoms with Crippen molar-refractivity contribution in [1.82, 2.24) is 15.6 Å². The lowest BCUT2D eigenvalue weighted by molar-refractivity contribution is -0.245. The first-order valence-electron chi connectivity index (χ1n) is 10.7. The molecule has 4 atom stereocenters. The number of alkyl halides is 3. The normalized spacial score (nSPS) is 23.6. The van der Waals surface area contributed by atoms with Crippen molar-refractivity contribution in [3.05, 3.63) is 59.3 Å². The number of pyridine rings is 1. The van der Waals surface area contributed by atoms with E-state index in [0.717, 1.165) is 0 Å². The van der Waals surface area contributed by atoms with E-state index in [1.54, 1.807) is 36.4 Å². The number of fused-ring (bicyclic) bond motifs is 2. The topological polar surface area (TPSA) is 120 Å². The molecule has 4 N–H and O–H groups in total. The first-order chi connectivity index (χ1) is 16.0. The van der Waals surface area contributed by atoms with Crippen LogP contribution in [-0.2, 0) is 14.4 Å². The number of amides is 3. The van der Waals surface area contributed by atoms with E-state index in [4.69, 9.17) is 0 Å². The molecule has 0 fully saturated rings. The molecule has 0 radical (unpaired) electrons. The number of hydrogen-bond donors (Lipinski definition) is 4. The lowest BCUT2D eigenvalue weighted by atomic mass is 9.83. The van der Waals surface area contributed by atoms with Gasteiger partial charge in [0.25, 0.3) is 5.91 Å². The Bertz CT molecular complexity index is 1140. The number of nitrogens with zero attached hydrogens (tertiary/aromatic N) is 1. The lowest BCUT2D eigenvalue weighted by Crippen LogP contribution is -2.55. The molecule has 1 aromatic carbocycles. The summed E-state index contributed by atoms with van der Waals surface area (Å²) in [6.07, 6.45) is -3.07. The van der Waals surface area contributed by atoms with Crippen LogP contribution in [0.25, 0.3) is 0 Å². The third kappa shape index (κ3) is 4.35. The maximum absolute atomic E-state index is 13.1. The molecule has 34 heavy (non-hydrogen) atoms. The Kier molecular flexibility index (Phi) is 6.07. The molecule has 1 aromatic heterocycles. The van der Waals surface area contributed by atoms with E-state index in [2.05, 4.69) is 20.9 Å². The zero-order valence-electron chi connectivity index (χ0n) is 18.1. The minimum Gasteiger partial charge on any atom is -0.373 e. The fraction of sp³-hybridized carbons (Fsp3) is 0.391. The van der Waals surface area contributed by atoms with Gasteiger partial charge in [0.1, 0.15) is 5.82 Å². The van der Waals surface area contributed by atoms with E-state index < -0.39 is 35.7 Å². The second-order valence-corrected chi connectivity index (χ2v) is 8.61. The van der Waals surface area contributed by atoms with Gasteiger partial charge < -0.3 is 21.1 Å². The van der Waals surface area contributed by atoms with Gasteiger partial charge in [0.05, 0.1) is 18.0 Å². The molecule has 4 rings (SSSR count). The predicted molar refractivity (Wildman–Crippen MR) is 114 cm³/mol. The molecule has 2 heterocycles. The minimum absolute atomic E-state index is 0.0376. The maximum Gasteiger partial charge on any atom is 0.426 e. The van der Waals surface area contributed by atoms with Crippen LogP contribution in [0.3, 0.4) is 0 Å². The van der Waals surface area contributed by atoms with Gasteiger partial charge in [-0.15, -0.1) is 0 Å². The van der Waals surface area contributed by atoms with Gasteiger partial charge in [-0.25, -0.2) is 4.98 Å². The highest BCUT2D eigenvalue weighted by Crippen LogP contribution is 2.39. The van der Waals surface area contributed by atoms with Crippen molar-refractivity contribution < 1.29 is 32.7 Å². The number of halogens is 3. The molecule has 0 saturated carbocycles. The second kappa shape index (κ2) is 8.71. The Morgan fingerprint density at radius 3 is 2.24 bits per heavy atom. The SMILES string of the molecule is CC(O)(C(=O)NC1CCC(NC(=O)C2CC(=O)Nc3ncccc32)c2ccccc21)C(F)(F)F. The third-order valence-corrected chi connectivity index (χ3v) is 6.28. The summed E-state index contributed by atoms with van der Waals surface area (Å²) in [6.45, 7) is 0.410. The Morgan fingerprint density at radius 2 is 1.62 bits per heavy atom. The van der Waals surface area contributed by atoms with Crippen molar-refractivity contribution in [2.75, 3.05) is 5.32 Å². The molecule has 0 saturated heterocycles. The highest BCUT2D eigenvalue weighted by molar-refractivity contribution is 6.00. The second-order valence-electron chi connectivity index (χ2n) is 8.61. The van der Waals surface area contributed by atoms with Crippen molar-refractivity contribution in [1.29, 1.82) is 0 Å². The van der Waals surface area contributed by atoms with E-state index >= 15 is 0 Å². The molecule has 2 aromatic rings. The minimum atomic E-state index is -5.13. The number of carbonyl (C=O) groups excluding carboxylic acids is 3. The summed E-state index contributed by atoms with van der Waals surface area (Å²) < 4.78 is 39.2. The zero-order valence-corrected chi connectivity index (χ0v) is 18.1. The molecule has 0 spiro atoms. The van der Waals surface area contributed by atoms with Gasteiger partial charge in [-0.05, 0) is 37.0 Å². The number of nitrogens with one attached hydrogen (secondary N) is 3. The highest BCUT2D eigenvalue weighted by atomic mass is 19.4. The average Bonchev–Trinajstić information content (AvgIpc) is 2.79. The summed E-state index contributed by atoms with van der Waals surface area (Å²) in [5.41, 5.74) is -1.74. The number of hydrogen-bond acceptors (Lipinski definition) is 5. The van der Waals surface area contributed by atoms with Crippen LogP contribution in [0.4, 0.5) is 19.0 Å². The van der Waals surface area contributed by atoms with Crippen molar-refractivity contribution in [2.24, 2.45) is 0 Å². The molecule has 180 valence electrons. The summed E-state index contributed by atoms with van der Waals surface area (Å²) in [6, 6.07) is 8.95.